The van der Waals surface area contributed by atoms with E-state index in [0.29, 0.717) is 5.16 Å². The van der Waals surface area contributed by atoms with E-state index in [1.165, 1.54) is 43.2 Å². The number of hydrogen-bond donors (Lipinski definition) is 0. The lowest BCUT2D eigenvalue weighted by Gasteiger charge is -2.41. The summed E-state index contributed by atoms with van der Waals surface area (Å²) < 4.78 is 0. The minimum atomic E-state index is -0.159. The van der Waals surface area contributed by atoms with Gasteiger partial charge in [-0.2, -0.15) is 0 Å². The van der Waals surface area contributed by atoms with E-state index in [1.807, 2.05) is 0 Å². The Balaban J connectivity index is 2.06. The van der Waals surface area contributed by atoms with Crippen molar-refractivity contribution in [2.24, 2.45) is 0 Å². The quantitative estimate of drug-likeness (QED) is 0.558. The standard InChI is InChI=1S/C22H29P/c1-22(2,3)23(19-14-8-5-9-15-19)21-17-11-10-16-20(21)18-12-6-4-7-13-18/h4,6-7,10-13,16-17,19H,5,8-9,14-15H2,1-3H3. The minimum Gasteiger partial charge on any atom is -0.0659 e. The van der Waals surface area contributed by atoms with Gasteiger partial charge in [-0.1, -0.05) is 103 Å². The van der Waals surface area contributed by atoms with Crippen LogP contribution in [0.1, 0.15) is 52.9 Å². The van der Waals surface area contributed by atoms with Gasteiger partial charge in [-0.15, -0.1) is 0 Å². The summed E-state index contributed by atoms with van der Waals surface area (Å²) in [5.74, 6) is 0. The highest BCUT2D eigenvalue weighted by molar-refractivity contribution is 7.68. The fourth-order valence-corrected chi connectivity index (χ4v) is 7.79. The molecule has 23 heavy (non-hydrogen) atoms. The first-order chi connectivity index (χ1) is 11.1. The molecule has 2 aromatic rings. The van der Waals surface area contributed by atoms with E-state index < -0.39 is 0 Å². The summed E-state index contributed by atoms with van der Waals surface area (Å²) in [4.78, 5) is 0. The first-order valence-electron chi connectivity index (χ1n) is 9.01. The molecule has 0 aliphatic heterocycles. The summed E-state index contributed by atoms with van der Waals surface area (Å²) in [5, 5.41) is 1.98. The van der Waals surface area contributed by atoms with Gasteiger partial charge in [0, 0.05) is 0 Å². The molecule has 0 nitrogen and oxygen atoms in total. The van der Waals surface area contributed by atoms with Gasteiger partial charge in [-0.05, 0) is 40.1 Å². The van der Waals surface area contributed by atoms with E-state index in [-0.39, 0.29) is 7.92 Å². The van der Waals surface area contributed by atoms with Crippen LogP contribution in [0.3, 0.4) is 0 Å². The maximum atomic E-state index is 2.45. The molecule has 0 radical (unpaired) electrons. The van der Waals surface area contributed by atoms with Crippen molar-refractivity contribution in [1.29, 1.82) is 0 Å². The van der Waals surface area contributed by atoms with Gasteiger partial charge in [0.2, 0.25) is 0 Å². The summed E-state index contributed by atoms with van der Waals surface area (Å²) in [5.41, 5.74) is 3.72. The molecule has 122 valence electrons. The van der Waals surface area contributed by atoms with E-state index in [9.17, 15) is 0 Å². The molecule has 0 bridgehead atoms. The van der Waals surface area contributed by atoms with E-state index in [1.54, 1.807) is 5.30 Å². The third-order valence-corrected chi connectivity index (χ3v) is 8.51. The molecule has 3 rings (SSSR count). The van der Waals surface area contributed by atoms with Crippen molar-refractivity contribution in [3.05, 3.63) is 54.6 Å². The Morgan fingerprint density at radius 1 is 0.783 bits per heavy atom. The maximum absolute atomic E-state index is 2.45. The molecule has 1 aliphatic carbocycles. The molecule has 2 aromatic carbocycles. The number of benzene rings is 2. The molecular formula is C22H29P. The number of hydrogen-bond acceptors (Lipinski definition) is 0. The van der Waals surface area contributed by atoms with Gasteiger partial charge >= 0.3 is 0 Å². The van der Waals surface area contributed by atoms with Crippen molar-refractivity contribution >= 4 is 13.2 Å². The Bertz CT molecular complexity index is 618. The fourth-order valence-electron chi connectivity index (χ4n) is 3.99. The minimum absolute atomic E-state index is 0.159. The van der Waals surface area contributed by atoms with Crippen LogP contribution in [0.2, 0.25) is 0 Å². The van der Waals surface area contributed by atoms with Crippen LogP contribution in [0, 0.1) is 0 Å². The summed E-state index contributed by atoms with van der Waals surface area (Å²) in [6.45, 7) is 7.36. The van der Waals surface area contributed by atoms with Gasteiger partial charge in [0.15, 0.2) is 0 Å². The predicted octanol–water partition coefficient (Wildman–Crippen LogP) is 6.59. The second-order valence-electron chi connectivity index (χ2n) is 7.72. The van der Waals surface area contributed by atoms with Crippen LogP contribution in [0.15, 0.2) is 54.6 Å². The molecule has 1 heteroatoms. The molecule has 1 aliphatic rings. The summed E-state index contributed by atoms with van der Waals surface area (Å²) in [7, 11) is -0.159. The highest BCUT2D eigenvalue weighted by Crippen LogP contribution is 2.57. The molecule has 0 heterocycles. The van der Waals surface area contributed by atoms with Crippen molar-refractivity contribution in [2.45, 2.75) is 63.7 Å². The van der Waals surface area contributed by atoms with Gasteiger partial charge in [0.05, 0.1) is 0 Å². The molecule has 0 spiro atoms. The Morgan fingerprint density at radius 3 is 2.04 bits per heavy atom. The van der Waals surface area contributed by atoms with Crippen LogP contribution in [-0.2, 0) is 0 Å². The van der Waals surface area contributed by atoms with Crippen LogP contribution in [-0.4, -0.2) is 10.8 Å². The molecule has 1 fully saturated rings. The molecule has 0 amide bonds. The molecule has 0 aromatic heterocycles. The van der Waals surface area contributed by atoms with Gasteiger partial charge in [-0.3, -0.25) is 0 Å². The summed E-state index contributed by atoms with van der Waals surface area (Å²) >= 11 is 0. The van der Waals surface area contributed by atoms with E-state index >= 15 is 0 Å². The lowest BCUT2D eigenvalue weighted by molar-refractivity contribution is 0.507. The summed E-state index contributed by atoms with van der Waals surface area (Å²) in [6.07, 6.45) is 7.13. The molecule has 1 saturated carbocycles. The Labute approximate surface area is 143 Å². The topological polar surface area (TPSA) is 0 Å². The van der Waals surface area contributed by atoms with E-state index in [2.05, 4.69) is 75.4 Å². The maximum Gasteiger partial charge on any atom is -0.0107 e. The van der Waals surface area contributed by atoms with Crippen LogP contribution in [0.5, 0.6) is 0 Å². The van der Waals surface area contributed by atoms with Crippen molar-refractivity contribution in [2.75, 3.05) is 0 Å². The average Bonchev–Trinajstić information content (AvgIpc) is 2.56. The zero-order valence-electron chi connectivity index (χ0n) is 14.8. The smallest absolute Gasteiger partial charge is 0.0107 e. The predicted molar refractivity (Wildman–Crippen MR) is 105 cm³/mol. The Morgan fingerprint density at radius 2 is 1.39 bits per heavy atom. The SMILES string of the molecule is CC(C)(C)P(c1ccccc1-c1ccccc1)C1CCCCC1. The van der Waals surface area contributed by atoms with E-state index in [4.69, 9.17) is 0 Å². The molecular weight excluding hydrogens is 295 g/mol. The van der Waals surface area contributed by atoms with Gasteiger partial charge < -0.3 is 0 Å². The van der Waals surface area contributed by atoms with Gasteiger partial charge in [-0.25, -0.2) is 0 Å². The second-order valence-corrected chi connectivity index (χ2v) is 11.0. The lowest BCUT2D eigenvalue weighted by Crippen LogP contribution is -2.29. The zero-order chi connectivity index (χ0) is 16.3. The third kappa shape index (κ3) is 3.86. The summed E-state index contributed by atoms with van der Waals surface area (Å²) in [6, 6.07) is 20.1. The average molecular weight is 324 g/mol. The van der Waals surface area contributed by atoms with Crippen LogP contribution >= 0.6 is 7.92 Å². The van der Waals surface area contributed by atoms with Crippen molar-refractivity contribution in [3.63, 3.8) is 0 Å². The molecule has 0 N–H and O–H groups in total. The lowest BCUT2D eigenvalue weighted by atomic mass is 10.0. The number of rotatable bonds is 3. The first kappa shape index (κ1) is 16.7. The van der Waals surface area contributed by atoms with Crippen molar-refractivity contribution in [3.8, 4) is 11.1 Å². The first-order valence-corrected chi connectivity index (χ1v) is 10.4. The van der Waals surface area contributed by atoms with Crippen LogP contribution in [0.25, 0.3) is 11.1 Å². The van der Waals surface area contributed by atoms with Crippen molar-refractivity contribution < 1.29 is 0 Å². The fraction of sp³-hybridized carbons (Fsp3) is 0.455. The largest absolute Gasteiger partial charge is 0.0659 e. The molecule has 1 atom stereocenters. The van der Waals surface area contributed by atoms with Crippen LogP contribution in [0.4, 0.5) is 0 Å². The third-order valence-electron chi connectivity index (χ3n) is 4.91. The van der Waals surface area contributed by atoms with Gasteiger partial charge in [0.1, 0.15) is 0 Å². The normalized spacial score (nSPS) is 17.9. The Hall–Kier alpha value is -1.13. The highest BCUT2D eigenvalue weighted by Gasteiger charge is 2.34. The zero-order valence-corrected chi connectivity index (χ0v) is 15.7. The van der Waals surface area contributed by atoms with Crippen molar-refractivity contribution in [1.82, 2.24) is 0 Å². The molecule has 0 saturated heterocycles. The Kier molecular flexibility index (Phi) is 5.22. The van der Waals surface area contributed by atoms with E-state index in [0.717, 1.165) is 5.66 Å². The molecule has 1 unspecified atom stereocenters. The second kappa shape index (κ2) is 7.18. The monoisotopic (exact) mass is 324 g/mol. The van der Waals surface area contributed by atoms with Crippen LogP contribution < -0.4 is 5.30 Å². The highest BCUT2D eigenvalue weighted by atomic mass is 31.1. The van der Waals surface area contributed by atoms with Gasteiger partial charge in [0.25, 0.3) is 0 Å².